The van der Waals surface area contributed by atoms with E-state index in [0.29, 0.717) is 0 Å². The molecule has 82 valence electrons. The topological polar surface area (TPSA) is 127 Å². The van der Waals surface area contributed by atoms with Crippen molar-refractivity contribution < 1.29 is 35.1 Å². The summed E-state index contributed by atoms with van der Waals surface area (Å²) in [6, 6.07) is 0. The molecule has 7 heteroatoms. The minimum atomic E-state index is -1.70. The van der Waals surface area contributed by atoms with Crippen LogP contribution in [0.1, 0.15) is 0 Å². The molecule has 1 rings (SSSR count). The summed E-state index contributed by atoms with van der Waals surface area (Å²) in [5.74, 6) is -1.46. The minimum absolute atomic E-state index is 0.630. The summed E-state index contributed by atoms with van der Waals surface area (Å²) >= 11 is 0. The molecule has 0 saturated carbocycles. The molecule has 0 radical (unpaired) electrons. The highest BCUT2D eigenvalue weighted by molar-refractivity contribution is 5.73. The maximum Gasteiger partial charge on any atom is 0.335 e. The van der Waals surface area contributed by atoms with Crippen molar-refractivity contribution in [1.82, 2.24) is 0 Å². The van der Waals surface area contributed by atoms with Crippen molar-refractivity contribution in [2.75, 3.05) is 6.61 Å². The molecular weight excluding hydrogens is 196 g/mol. The van der Waals surface area contributed by atoms with Crippen LogP contribution in [0.25, 0.3) is 0 Å². The van der Waals surface area contributed by atoms with Gasteiger partial charge in [-0.2, -0.15) is 0 Å². The van der Waals surface area contributed by atoms with Gasteiger partial charge in [0.2, 0.25) is 0 Å². The number of carboxylic acids is 1. The summed E-state index contributed by atoms with van der Waals surface area (Å²) in [6.45, 7) is -0.630. The van der Waals surface area contributed by atoms with E-state index in [1.165, 1.54) is 0 Å². The van der Waals surface area contributed by atoms with Gasteiger partial charge in [-0.25, -0.2) is 4.79 Å². The lowest BCUT2D eigenvalue weighted by Crippen LogP contribution is -2.60. The highest BCUT2D eigenvalue weighted by Gasteiger charge is 2.46. The Hall–Kier alpha value is -0.730. The van der Waals surface area contributed by atoms with Gasteiger partial charge in [-0.1, -0.05) is 0 Å². The molecule has 1 aliphatic rings. The average molecular weight is 208 g/mol. The van der Waals surface area contributed by atoms with Gasteiger partial charge in [-0.05, 0) is 0 Å². The summed E-state index contributed by atoms with van der Waals surface area (Å²) in [5, 5.41) is 44.9. The first kappa shape index (κ1) is 11.3. The van der Waals surface area contributed by atoms with E-state index in [1.807, 2.05) is 0 Å². The van der Waals surface area contributed by atoms with Crippen molar-refractivity contribution in [2.45, 2.75) is 30.5 Å². The van der Waals surface area contributed by atoms with Crippen LogP contribution >= 0.6 is 0 Å². The lowest BCUT2D eigenvalue weighted by atomic mass is 9.95. The van der Waals surface area contributed by atoms with Crippen LogP contribution in [0.4, 0.5) is 0 Å². The molecule has 14 heavy (non-hydrogen) atoms. The Morgan fingerprint density at radius 1 is 1.14 bits per heavy atom. The molecule has 0 aromatic heterocycles. The monoisotopic (exact) mass is 208 g/mol. The number of carboxylic acid groups (broad SMARTS) is 1. The summed E-state index contributed by atoms with van der Waals surface area (Å²) < 4.78 is 4.68. The minimum Gasteiger partial charge on any atom is -0.479 e. The second-order valence-electron chi connectivity index (χ2n) is 3.09. The van der Waals surface area contributed by atoms with E-state index < -0.39 is 43.1 Å². The zero-order valence-electron chi connectivity index (χ0n) is 7.15. The van der Waals surface area contributed by atoms with Gasteiger partial charge in [0.15, 0.2) is 6.10 Å². The number of ether oxygens (including phenoxy) is 1. The number of aliphatic hydroxyl groups is 4. The van der Waals surface area contributed by atoms with E-state index in [4.69, 9.17) is 10.2 Å². The van der Waals surface area contributed by atoms with Gasteiger partial charge in [0.1, 0.15) is 24.4 Å². The van der Waals surface area contributed by atoms with Crippen LogP contribution in [0.3, 0.4) is 0 Å². The van der Waals surface area contributed by atoms with E-state index in [0.717, 1.165) is 0 Å². The molecule has 0 aromatic rings. The maximum absolute atomic E-state index is 10.5. The Balaban J connectivity index is 2.78. The van der Waals surface area contributed by atoms with Crippen LogP contribution < -0.4 is 0 Å². The fraction of sp³-hybridized carbons (Fsp3) is 0.857. The van der Waals surface area contributed by atoms with Gasteiger partial charge in [0.05, 0.1) is 6.61 Å². The summed E-state index contributed by atoms with van der Waals surface area (Å²) in [5.41, 5.74) is 0. The average Bonchev–Trinajstić information content (AvgIpc) is 2.14. The molecule has 1 unspecified atom stereocenters. The van der Waals surface area contributed by atoms with E-state index in [2.05, 4.69) is 4.74 Å². The predicted molar refractivity (Wildman–Crippen MR) is 41.4 cm³/mol. The normalized spacial score (nSPS) is 43.6. The van der Waals surface area contributed by atoms with Gasteiger partial charge in [0.25, 0.3) is 0 Å². The van der Waals surface area contributed by atoms with Gasteiger partial charge >= 0.3 is 5.97 Å². The molecule has 1 aliphatic heterocycles. The first-order chi connectivity index (χ1) is 6.49. The lowest BCUT2D eigenvalue weighted by Gasteiger charge is -2.38. The molecule has 1 heterocycles. The third-order valence-corrected chi connectivity index (χ3v) is 2.14. The molecule has 0 aromatic carbocycles. The van der Waals surface area contributed by atoms with Crippen molar-refractivity contribution in [3.8, 4) is 0 Å². The highest BCUT2D eigenvalue weighted by Crippen LogP contribution is 2.20. The van der Waals surface area contributed by atoms with E-state index in [9.17, 15) is 20.1 Å². The molecule has 0 aliphatic carbocycles. The van der Waals surface area contributed by atoms with Gasteiger partial charge < -0.3 is 30.3 Å². The molecule has 1 saturated heterocycles. The second-order valence-corrected chi connectivity index (χ2v) is 3.09. The lowest BCUT2D eigenvalue weighted by molar-refractivity contribution is -0.233. The number of hydrogen-bond acceptors (Lipinski definition) is 6. The Labute approximate surface area is 79.2 Å². The van der Waals surface area contributed by atoms with Crippen molar-refractivity contribution in [3.63, 3.8) is 0 Å². The second kappa shape index (κ2) is 4.20. The number of aliphatic carboxylic acids is 1. The Morgan fingerprint density at radius 3 is 2.14 bits per heavy atom. The third-order valence-electron chi connectivity index (χ3n) is 2.14. The zero-order chi connectivity index (χ0) is 10.9. The van der Waals surface area contributed by atoms with Crippen LogP contribution in [-0.4, -0.2) is 68.6 Å². The van der Waals surface area contributed by atoms with Crippen LogP contribution in [0.15, 0.2) is 0 Å². The van der Waals surface area contributed by atoms with Crippen LogP contribution in [0.2, 0.25) is 0 Å². The molecular formula is C7H12O7. The third kappa shape index (κ3) is 1.86. The smallest absolute Gasteiger partial charge is 0.335 e. The molecule has 5 N–H and O–H groups in total. The van der Waals surface area contributed by atoms with Crippen molar-refractivity contribution >= 4 is 5.97 Å². The van der Waals surface area contributed by atoms with E-state index in [-0.39, 0.29) is 0 Å². The quantitative estimate of drug-likeness (QED) is 0.325. The Morgan fingerprint density at radius 2 is 1.71 bits per heavy atom. The molecule has 1 fully saturated rings. The highest BCUT2D eigenvalue weighted by atomic mass is 16.6. The fourth-order valence-electron chi connectivity index (χ4n) is 1.31. The van der Waals surface area contributed by atoms with E-state index in [1.54, 1.807) is 0 Å². The van der Waals surface area contributed by atoms with Gasteiger partial charge in [-0.3, -0.25) is 0 Å². The number of rotatable bonds is 2. The van der Waals surface area contributed by atoms with Crippen molar-refractivity contribution in [2.24, 2.45) is 0 Å². The van der Waals surface area contributed by atoms with Crippen molar-refractivity contribution in [3.05, 3.63) is 0 Å². The van der Waals surface area contributed by atoms with E-state index >= 15 is 0 Å². The SMILES string of the molecule is O=C(O)C1O[C@H](CO)[C@@H](O)[C@@H](O)[C@H]1O. The molecule has 0 amide bonds. The van der Waals surface area contributed by atoms with Crippen LogP contribution in [0, 0.1) is 0 Å². The fourth-order valence-corrected chi connectivity index (χ4v) is 1.31. The number of carbonyl (C=O) groups is 1. The van der Waals surface area contributed by atoms with Crippen LogP contribution in [0.5, 0.6) is 0 Å². The largest absolute Gasteiger partial charge is 0.479 e. The number of hydrogen-bond donors (Lipinski definition) is 5. The molecule has 7 nitrogen and oxygen atoms in total. The maximum atomic E-state index is 10.5. The predicted octanol–water partition coefficient (Wildman–Crippen LogP) is -3.09. The van der Waals surface area contributed by atoms with Crippen LogP contribution in [-0.2, 0) is 9.53 Å². The molecule has 5 atom stereocenters. The summed E-state index contributed by atoms with van der Waals surface area (Å²) in [7, 11) is 0. The first-order valence-electron chi connectivity index (χ1n) is 4.02. The van der Waals surface area contributed by atoms with Gasteiger partial charge in [-0.15, -0.1) is 0 Å². The van der Waals surface area contributed by atoms with Crippen molar-refractivity contribution in [1.29, 1.82) is 0 Å². The van der Waals surface area contributed by atoms with Gasteiger partial charge in [0, 0.05) is 0 Å². The molecule has 0 spiro atoms. The molecule has 0 bridgehead atoms. The summed E-state index contributed by atoms with van der Waals surface area (Å²) in [6.07, 6.45) is -7.67. The summed E-state index contributed by atoms with van der Waals surface area (Å²) in [4.78, 5) is 10.5. The zero-order valence-corrected chi connectivity index (χ0v) is 7.15. The Bertz CT molecular complexity index is 216. The Kier molecular flexibility index (Phi) is 3.40. The number of aliphatic hydroxyl groups excluding tert-OH is 4. The first-order valence-corrected chi connectivity index (χ1v) is 4.02. The standard InChI is InChI=1S/C7H12O7/c8-1-2-3(9)4(10)5(11)6(14-2)7(12)13/h2-6,8-11H,1H2,(H,12,13)/t2-,3-,4-,5-,6?/m1/s1.